The lowest BCUT2D eigenvalue weighted by Crippen LogP contribution is -2.58. The van der Waals surface area contributed by atoms with Crippen LogP contribution in [0.4, 0.5) is 5.82 Å². The number of anilines is 1. The van der Waals surface area contributed by atoms with Crippen LogP contribution in [-0.2, 0) is 4.79 Å². The van der Waals surface area contributed by atoms with Gasteiger partial charge in [0.2, 0.25) is 5.91 Å². The first kappa shape index (κ1) is 12.6. The predicted octanol–water partition coefficient (Wildman–Crippen LogP) is 0.0978. The summed E-state index contributed by atoms with van der Waals surface area (Å²) >= 11 is 0. The Morgan fingerprint density at radius 2 is 2.24 bits per heavy atom. The van der Waals surface area contributed by atoms with Gasteiger partial charge in [0, 0.05) is 25.8 Å². The van der Waals surface area contributed by atoms with Crippen LogP contribution in [0.3, 0.4) is 0 Å². The van der Waals surface area contributed by atoms with Gasteiger partial charge in [0.1, 0.15) is 17.8 Å². The smallest absolute Gasteiger partial charge is 0.236 e. The van der Waals surface area contributed by atoms with Crippen molar-refractivity contribution in [1.82, 2.24) is 19.9 Å². The fraction of sp³-hybridized carbons (Fsp3) is 0.500. The van der Waals surface area contributed by atoms with Crippen molar-refractivity contribution in [3.05, 3.63) is 18.6 Å². The number of aromatic amines is 1. The third-order valence-electron chi connectivity index (χ3n) is 4.59. The van der Waals surface area contributed by atoms with E-state index in [9.17, 15) is 4.79 Å². The Balaban J connectivity index is 1.64. The largest absolute Gasteiger partial charge is 0.352 e. The van der Waals surface area contributed by atoms with Crippen molar-refractivity contribution in [3.8, 4) is 0 Å². The van der Waals surface area contributed by atoms with Gasteiger partial charge >= 0.3 is 0 Å². The Morgan fingerprint density at radius 1 is 1.38 bits per heavy atom. The lowest BCUT2D eigenvalue weighted by atomic mass is 10.1. The number of fused-ring (bicyclic) bond motifs is 1. The van der Waals surface area contributed by atoms with Gasteiger partial charge in [-0.1, -0.05) is 0 Å². The summed E-state index contributed by atoms with van der Waals surface area (Å²) in [7, 11) is 0. The lowest BCUT2D eigenvalue weighted by Gasteiger charge is -2.42. The SMILES string of the molecule is NCC(=O)N1CCN(c2ncnc3[nH]ccc23)CC12CC2. The van der Waals surface area contributed by atoms with Gasteiger partial charge in [0.25, 0.3) is 0 Å². The summed E-state index contributed by atoms with van der Waals surface area (Å²) in [6, 6.07) is 2.00. The van der Waals surface area contributed by atoms with Crippen molar-refractivity contribution in [2.45, 2.75) is 18.4 Å². The van der Waals surface area contributed by atoms with Crippen LogP contribution in [0.2, 0.25) is 0 Å². The van der Waals surface area contributed by atoms with E-state index in [1.54, 1.807) is 6.33 Å². The number of carbonyl (C=O) groups is 1. The van der Waals surface area contributed by atoms with Crippen LogP contribution in [0.5, 0.6) is 0 Å². The molecule has 2 aliphatic rings. The summed E-state index contributed by atoms with van der Waals surface area (Å²) in [5, 5.41) is 1.03. The summed E-state index contributed by atoms with van der Waals surface area (Å²) < 4.78 is 0. The van der Waals surface area contributed by atoms with E-state index in [1.165, 1.54) is 0 Å². The number of nitrogens with two attached hydrogens (primary N) is 1. The summed E-state index contributed by atoms with van der Waals surface area (Å²) in [6.07, 6.45) is 5.57. The Hall–Kier alpha value is -2.15. The van der Waals surface area contributed by atoms with E-state index in [0.717, 1.165) is 42.8 Å². The number of aromatic nitrogens is 3. The minimum absolute atomic E-state index is 0.0255. The number of carbonyl (C=O) groups excluding carboxylic acids is 1. The fourth-order valence-corrected chi connectivity index (χ4v) is 3.34. The van der Waals surface area contributed by atoms with E-state index in [4.69, 9.17) is 5.73 Å². The first-order valence-electron chi connectivity index (χ1n) is 7.27. The number of rotatable bonds is 2. The molecule has 0 unspecified atom stereocenters. The molecule has 1 saturated carbocycles. The molecule has 0 aromatic carbocycles. The summed E-state index contributed by atoms with van der Waals surface area (Å²) in [4.78, 5) is 28.0. The molecule has 1 aliphatic heterocycles. The molecule has 2 fully saturated rings. The normalized spacial score (nSPS) is 20.2. The monoisotopic (exact) mass is 286 g/mol. The Bertz CT molecular complexity index is 692. The maximum atomic E-state index is 12.0. The highest BCUT2D eigenvalue weighted by Crippen LogP contribution is 2.45. The molecule has 0 bridgehead atoms. The van der Waals surface area contributed by atoms with E-state index in [0.29, 0.717) is 6.54 Å². The van der Waals surface area contributed by atoms with Gasteiger partial charge in [0.05, 0.1) is 17.5 Å². The zero-order valence-electron chi connectivity index (χ0n) is 11.7. The number of hydrogen-bond donors (Lipinski definition) is 2. The predicted molar refractivity (Wildman–Crippen MR) is 78.8 cm³/mol. The molecule has 0 atom stereocenters. The number of nitrogens with zero attached hydrogens (tertiary/aromatic N) is 4. The van der Waals surface area contributed by atoms with Crippen LogP contribution < -0.4 is 10.6 Å². The first-order valence-corrected chi connectivity index (χ1v) is 7.27. The topological polar surface area (TPSA) is 91.1 Å². The molecular formula is C14H18N6O. The zero-order valence-corrected chi connectivity index (χ0v) is 11.7. The Labute approximate surface area is 122 Å². The Kier molecular flexibility index (Phi) is 2.65. The molecule has 2 aromatic rings. The highest BCUT2D eigenvalue weighted by atomic mass is 16.2. The summed E-state index contributed by atoms with van der Waals surface area (Å²) in [5.41, 5.74) is 6.36. The number of nitrogens with one attached hydrogen (secondary N) is 1. The van der Waals surface area contributed by atoms with Gasteiger partial charge in [-0.15, -0.1) is 0 Å². The highest BCUT2D eigenvalue weighted by Gasteiger charge is 2.53. The second kappa shape index (κ2) is 4.42. The van der Waals surface area contributed by atoms with Crippen LogP contribution in [0.1, 0.15) is 12.8 Å². The van der Waals surface area contributed by atoms with E-state index in [2.05, 4.69) is 19.9 Å². The van der Waals surface area contributed by atoms with Crippen LogP contribution in [0.25, 0.3) is 11.0 Å². The highest BCUT2D eigenvalue weighted by molar-refractivity contribution is 5.87. The lowest BCUT2D eigenvalue weighted by molar-refractivity contribution is -0.133. The van der Waals surface area contributed by atoms with Crippen LogP contribution in [0, 0.1) is 0 Å². The van der Waals surface area contributed by atoms with Crippen molar-refractivity contribution in [1.29, 1.82) is 0 Å². The van der Waals surface area contributed by atoms with Crippen molar-refractivity contribution < 1.29 is 4.79 Å². The fourth-order valence-electron chi connectivity index (χ4n) is 3.34. The third-order valence-corrected chi connectivity index (χ3v) is 4.59. The minimum atomic E-state index is -0.0255. The average Bonchev–Trinajstić information content (AvgIpc) is 3.10. The van der Waals surface area contributed by atoms with Crippen LogP contribution in [-0.4, -0.2) is 57.5 Å². The Morgan fingerprint density at radius 3 is 3.00 bits per heavy atom. The molecule has 1 amide bonds. The average molecular weight is 286 g/mol. The van der Waals surface area contributed by atoms with Crippen LogP contribution >= 0.6 is 0 Å². The van der Waals surface area contributed by atoms with E-state index >= 15 is 0 Å². The first-order chi connectivity index (χ1) is 10.2. The maximum absolute atomic E-state index is 12.0. The molecule has 3 N–H and O–H groups in total. The molecule has 1 spiro atoms. The molecule has 110 valence electrons. The van der Waals surface area contributed by atoms with Gasteiger partial charge < -0.3 is 20.5 Å². The molecule has 21 heavy (non-hydrogen) atoms. The molecular weight excluding hydrogens is 268 g/mol. The molecule has 2 aromatic heterocycles. The third kappa shape index (κ3) is 1.88. The van der Waals surface area contributed by atoms with Crippen molar-refractivity contribution >= 4 is 22.8 Å². The number of hydrogen-bond acceptors (Lipinski definition) is 5. The number of H-pyrrole nitrogens is 1. The molecule has 0 radical (unpaired) electrons. The van der Waals surface area contributed by atoms with Crippen molar-refractivity contribution in [2.24, 2.45) is 5.73 Å². The number of piperazine rings is 1. The number of amides is 1. The van der Waals surface area contributed by atoms with Gasteiger partial charge in [-0.05, 0) is 18.9 Å². The zero-order chi connectivity index (χ0) is 14.4. The molecule has 1 saturated heterocycles. The quantitative estimate of drug-likeness (QED) is 0.817. The van der Waals surface area contributed by atoms with Crippen molar-refractivity contribution in [3.63, 3.8) is 0 Å². The van der Waals surface area contributed by atoms with E-state index in [1.807, 2.05) is 17.2 Å². The minimum Gasteiger partial charge on any atom is -0.352 e. The van der Waals surface area contributed by atoms with E-state index < -0.39 is 0 Å². The van der Waals surface area contributed by atoms with Gasteiger partial charge in [-0.25, -0.2) is 9.97 Å². The molecule has 7 heteroatoms. The molecule has 7 nitrogen and oxygen atoms in total. The second-order valence-electron chi connectivity index (χ2n) is 5.83. The van der Waals surface area contributed by atoms with Gasteiger partial charge in [0.15, 0.2) is 0 Å². The van der Waals surface area contributed by atoms with Crippen LogP contribution in [0.15, 0.2) is 18.6 Å². The second-order valence-corrected chi connectivity index (χ2v) is 5.83. The van der Waals surface area contributed by atoms with Gasteiger partial charge in [-0.3, -0.25) is 4.79 Å². The maximum Gasteiger partial charge on any atom is 0.236 e. The molecule has 1 aliphatic carbocycles. The summed E-state index contributed by atoms with van der Waals surface area (Å²) in [5.74, 6) is 1.01. The molecule has 4 rings (SSSR count). The summed E-state index contributed by atoms with van der Waals surface area (Å²) in [6.45, 7) is 2.42. The van der Waals surface area contributed by atoms with E-state index in [-0.39, 0.29) is 18.0 Å². The standard InChI is InChI=1S/C14H18N6O/c15-7-11(21)20-6-5-19(8-14(20)2-3-14)13-10-1-4-16-12(10)17-9-18-13/h1,4,9H,2-3,5-8,15H2,(H,16,17,18). The van der Waals surface area contributed by atoms with Gasteiger partial charge in [-0.2, -0.15) is 0 Å². The molecule has 3 heterocycles. The van der Waals surface area contributed by atoms with Crippen molar-refractivity contribution in [2.75, 3.05) is 31.1 Å².